The summed E-state index contributed by atoms with van der Waals surface area (Å²) in [7, 11) is 0. The van der Waals surface area contributed by atoms with Gasteiger partial charge in [-0.25, -0.2) is 32.1 Å². The van der Waals surface area contributed by atoms with Crippen LogP contribution in [-0.4, -0.2) is 99.4 Å². The van der Waals surface area contributed by atoms with Crippen LogP contribution in [0.4, 0.5) is 28.0 Å². The van der Waals surface area contributed by atoms with Crippen LogP contribution in [0.1, 0.15) is 48.1 Å². The second-order valence-electron chi connectivity index (χ2n) is 11.8. The Kier molecular flexibility index (Phi) is 7.64. The third-order valence-electron chi connectivity index (χ3n) is 8.86. The molecule has 5 heterocycles. The van der Waals surface area contributed by atoms with E-state index < -0.39 is 77.6 Å². The van der Waals surface area contributed by atoms with Crippen LogP contribution < -0.4 is 10.3 Å². The molecule has 3 N–H and O–H groups in total. The number of alkyl halides is 2. The fourth-order valence-corrected chi connectivity index (χ4v) is 6.33. The van der Waals surface area contributed by atoms with Gasteiger partial charge in [0.1, 0.15) is 17.5 Å². The molecule has 2 saturated heterocycles. The lowest BCUT2D eigenvalue weighted by Gasteiger charge is -2.41. The van der Waals surface area contributed by atoms with Crippen molar-refractivity contribution in [2.45, 2.75) is 62.5 Å². The number of hydrogen-bond acceptors (Lipinski definition) is 9. The maximum absolute atomic E-state index is 15.6. The lowest BCUT2D eigenvalue weighted by Crippen LogP contribution is -2.51. The Morgan fingerprint density at radius 2 is 1.96 bits per heavy atom. The molecule has 2 fully saturated rings. The molecule has 4 aliphatic rings. The van der Waals surface area contributed by atoms with Crippen LogP contribution in [0.15, 0.2) is 34.0 Å². The summed E-state index contributed by atoms with van der Waals surface area (Å²) in [6.45, 7) is 0.362. The Hall–Kier alpha value is -4.02. The number of ether oxygens (including phenoxy) is 2. The predicted octanol–water partition coefficient (Wildman–Crippen LogP) is 2.73. The molecule has 6 rings (SSSR count). The fraction of sp³-hybridized carbons (Fsp3) is 0.517. The van der Waals surface area contributed by atoms with Crippen molar-refractivity contribution in [1.82, 2.24) is 9.47 Å². The van der Waals surface area contributed by atoms with Crippen molar-refractivity contribution in [3.05, 3.63) is 51.3 Å². The molecule has 12 nitrogen and oxygen atoms in total. The quantitative estimate of drug-likeness (QED) is 0.320. The summed E-state index contributed by atoms with van der Waals surface area (Å²) in [4.78, 5) is 42.1. The Morgan fingerprint density at radius 1 is 1.24 bits per heavy atom. The lowest BCUT2D eigenvalue weighted by molar-refractivity contribution is -0.190. The number of dihydropyridines is 1. The molecule has 45 heavy (non-hydrogen) atoms. The summed E-state index contributed by atoms with van der Waals surface area (Å²) in [5.74, 6) is -7.75. The number of pyridine rings is 1. The van der Waals surface area contributed by atoms with Crippen LogP contribution in [-0.2, 0) is 15.9 Å². The minimum Gasteiger partial charge on any atom is -0.477 e. The first kappa shape index (κ1) is 31.0. The van der Waals surface area contributed by atoms with Gasteiger partial charge in [-0.15, -0.1) is 0 Å². The van der Waals surface area contributed by atoms with Gasteiger partial charge in [0.25, 0.3) is 12.2 Å². The highest BCUT2D eigenvalue weighted by atomic mass is 19.2. The maximum Gasteiger partial charge on any atom is 0.416 e. The van der Waals surface area contributed by atoms with E-state index >= 15 is 8.78 Å². The molecule has 0 bridgehead atoms. The molecule has 0 spiro atoms. The van der Waals surface area contributed by atoms with E-state index in [4.69, 9.17) is 14.6 Å². The van der Waals surface area contributed by atoms with Gasteiger partial charge in [0.2, 0.25) is 5.43 Å². The number of nitrogens with zero attached hydrogens (tertiary/aromatic N) is 4. The average molecular weight is 639 g/mol. The van der Waals surface area contributed by atoms with E-state index in [9.17, 15) is 33.4 Å². The predicted molar refractivity (Wildman–Crippen MR) is 150 cm³/mol. The Bertz CT molecular complexity index is 1710. The number of hydrogen-bond donors (Lipinski definition) is 3. The van der Waals surface area contributed by atoms with Gasteiger partial charge in [-0.3, -0.25) is 9.69 Å². The summed E-state index contributed by atoms with van der Waals surface area (Å²) < 4.78 is 72.3. The zero-order valence-electron chi connectivity index (χ0n) is 24.0. The average Bonchev–Trinajstić information content (AvgIpc) is 3.37. The second-order valence-corrected chi connectivity index (χ2v) is 11.8. The van der Waals surface area contributed by atoms with Crippen molar-refractivity contribution in [1.29, 1.82) is 0 Å². The minimum atomic E-state index is -3.40. The first-order chi connectivity index (χ1) is 21.2. The number of aromatic nitrogens is 1. The number of carbonyl (C=O) groups is 2. The number of benzene rings is 1. The van der Waals surface area contributed by atoms with E-state index in [0.29, 0.717) is 28.8 Å². The highest BCUT2D eigenvalue weighted by Gasteiger charge is 2.49. The highest BCUT2D eigenvalue weighted by molar-refractivity contribution is 6.06. The van der Waals surface area contributed by atoms with Crippen molar-refractivity contribution in [2.24, 2.45) is 4.99 Å². The first-order valence-corrected chi connectivity index (χ1v) is 14.4. The van der Waals surface area contributed by atoms with Gasteiger partial charge in [-0.1, -0.05) is 0 Å². The smallest absolute Gasteiger partial charge is 0.416 e. The Labute approximate surface area is 252 Å². The number of carboxylic acid groups (broad SMARTS) is 1. The maximum atomic E-state index is 15.6. The second kappa shape index (κ2) is 11.1. The molecule has 1 amide bonds. The van der Waals surface area contributed by atoms with Crippen LogP contribution in [0.25, 0.3) is 10.9 Å². The molecule has 1 aromatic heterocycles. The van der Waals surface area contributed by atoms with Gasteiger partial charge in [-0.05, 0) is 38.7 Å². The van der Waals surface area contributed by atoms with Gasteiger partial charge in [-0.2, -0.15) is 0 Å². The summed E-state index contributed by atoms with van der Waals surface area (Å²) in [6.07, 6.45) is -2.57. The number of aryl methyl sites for hydroxylation is 1. The largest absolute Gasteiger partial charge is 0.477 e. The number of piperidine rings is 1. The van der Waals surface area contributed by atoms with E-state index in [1.807, 2.05) is 6.92 Å². The van der Waals surface area contributed by atoms with Crippen molar-refractivity contribution in [3.63, 3.8) is 0 Å². The molecule has 4 aliphatic heterocycles. The number of aliphatic hydroxyl groups is 2. The number of amides is 1. The van der Waals surface area contributed by atoms with Crippen molar-refractivity contribution in [2.75, 3.05) is 37.7 Å². The third-order valence-corrected chi connectivity index (χ3v) is 8.86. The summed E-state index contributed by atoms with van der Waals surface area (Å²) >= 11 is 0. The van der Waals surface area contributed by atoms with Crippen molar-refractivity contribution in [3.8, 4) is 0 Å². The summed E-state index contributed by atoms with van der Waals surface area (Å²) in [6, 6.07) is 0.883. The molecular weight excluding hydrogens is 608 g/mol. The summed E-state index contributed by atoms with van der Waals surface area (Å²) in [5.41, 5.74) is -1.76. The SMILES string of the molecule is C[C@H]1CCc2c(N3CCC(O)(COC4(F)C=C(F)C(N5C[C@H](CO)OC5=O)=NC4F)CC3)c(F)cc3c(=O)c(C(=O)O)cn1c23. The van der Waals surface area contributed by atoms with E-state index in [-0.39, 0.29) is 55.7 Å². The first-order valence-electron chi connectivity index (χ1n) is 14.4. The number of anilines is 1. The van der Waals surface area contributed by atoms with Crippen molar-refractivity contribution < 1.29 is 51.9 Å². The van der Waals surface area contributed by atoms with E-state index in [1.54, 1.807) is 9.47 Å². The molecule has 0 radical (unpaired) electrons. The van der Waals surface area contributed by atoms with Crippen LogP contribution >= 0.6 is 0 Å². The number of cyclic esters (lactones) is 1. The molecular formula is C29H30F4N4O8. The number of amidine groups is 1. The molecule has 242 valence electrons. The number of carbonyl (C=O) groups excluding carboxylic acids is 1. The molecule has 2 aromatic rings. The van der Waals surface area contributed by atoms with Crippen molar-refractivity contribution >= 4 is 34.5 Å². The zero-order valence-corrected chi connectivity index (χ0v) is 24.0. The van der Waals surface area contributed by atoms with E-state index in [2.05, 4.69) is 4.99 Å². The van der Waals surface area contributed by atoms with Crippen LogP contribution in [0.5, 0.6) is 0 Å². The third kappa shape index (κ3) is 5.23. The number of carboxylic acids is 1. The number of aromatic carboxylic acids is 1. The van der Waals surface area contributed by atoms with Gasteiger partial charge in [0, 0.05) is 42.4 Å². The molecule has 2 unspecified atom stereocenters. The van der Waals surface area contributed by atoms with Crippen LogP contribution in [0, 0.1) is 5.82 Å². The normalized spacial score (nSPS) is 27.8. The molecule has 0 aliphatic carbocycles. The number of halogens is 4. The van der Waals surface area contributed by atoms with Gasteiger partial charge < -0.3 is 34.3 Å². The van der Waals surface area contributed by atoms with Crippen LogP contribution in [0.2, 0.25) is 0 Å². The topological polar surface area (TPSA) is 154 Å². The van der Waals surface area contributed by atoms with Gasteiger partial charge >= 0.3 is 12.1 Å². The standard InChI is InChI=1S/C29H30F4N4O8/c1-14-2-3-16-21-17(23(39)18(25(40)41)11-36(14)21)8-19(30)22(16)35-6-4-28(43,5-7-35)13-44-29(33)9-20(31)24(34-26(29)32)37-10-15(12-38)45-27(37)42/h8-9,11,14-15,26,38,43H,2-7,10,12-13H2,1H3,(H,40,41)/t14-,15+,26?,29?/m0/s1. The van der Waals surface area contributed by atoms with E-state index in [1.165, 1.54) is 6.20 Å². The fourth-order valence-electron chi connectivity index (χ4n) is 6.33. The molecule has 0 saturated carbocycles. The number of aliphatic imine (C=N–C) groups is 1. The van der Waals surface area contributed by atoms with E-state index in [0.717, 1.165) is 6.07 Å². The number of rotatable bonds is 6. The molecule has 1 aromatic carbocycles. The van der Waals surface area contributed by atoms with Crippen LogP contribution in [0.3, 0.4) is 0 Å². The highest BCUT2D eigenvalue weighted by Crippen LogP contribution is 2.40. The lowest BCUT2D eigenvalue weighted by atomic mass is 9.89. The Balaban J connectivity index is 1.18. The summed E-state index contributed by atoms with van der Waals surface area (Å²) in [5, 5.41) is 29.8. The monoisotopic (exact) mass is 638 g/mol. The minimum absolute atomic E-state index is 0.0398. The van der Waals surface area contributed by atoms with Gasteiger partial charge in [0.05, 0.1) is 36.6 Å². The van der Waals surface area contributed by atoms with Gasteiger partial charge in [0.15, 0.2) is 11.7 Å². The zero-order chi connectivity index (χ0) is 32.4. The Morgan fingerprint density at radius 3 is 2.60 bits per heavy atom. The molecule has 4 atom stereocenters. The molecule has 16 heteroatoms. The number of aliphatic hydroxyl groups excluding tert-OH is 1.